The van der Waals surface area contributed by atoms with Gasteiger partial charge < -0.3 is 4.55 Å². The summed E-state index contributed by atoms with van der Waals surface area (Å²) in [6.45, 7) is 0. The number of aromatic nitrogens is 4. The van der Waals surface area contributed by atoms with Crippen LogP contribution in [0.5, 0.6) is 0 Å². The van der Waals surface area contributed by atoms with E-state index >= 15 is 0 Å². The van der Waals surface area contributed by atoms with Crippen molar-refractivity contribution in [3.63, 3.8) is 0 Å². The van der Waals surface area contributed by atoms with Crippen molar-refractivity contribution in [3.05, 3.63) is 24.3 Å². The summed E-state index contributed by atoms with van der Waals surface area (Å²) in [5.41, 5.74) is 0.734. The SMILES string of the molecule is Cn1nnc(-c2ccc(S(=O)[O-])cc2)n1. The Labute approximate surface area is 88.2 Å². The Bertz CT molecular complexity index is 494. The van der Waals surface area contributed by atoms with Gasteiger partial charge >= 0.3 is 0 Å². The Balaban J connectivity index is 2.35. The summed E-state index contributed by atoms with van der Waals surface area (Å²) in [4.78, 5) is 1.58. The maximum atomic E-state index is 10.6. The Morgan fingerprint density at radius 3 is 2.47 bits per heavy atom. The summed E-state index contributed by atoms with van der Waals surface area (Å²) in [6.07, 6.45) is 0. The van der Waals surface area contributed by atoms with Crippen molar-refractivity contribution in [2.45, 2.75) is 4.90 Å². The lowest BCUT2D eigenvalue weighted by molar-refractivity contribution is 0.537. The summed E-state index contributed by atoms with van der Waals surface area (Å²) < 4.78 is 21.2. The van der Waals surface area contributed by atoms with Crippen molar-refractivity contribution in [1.82, 2.24) is 20.2 Å². The van der Waals surface area contributed by atoms with Crippen LogP contribution >= 0.6 is 0 Å². The van der Waals surface area contributed by atoms with Gasteiger partial charge in [-0.1, -0.05) is 0 Å². The van der Waals surface area contributed by atoms with E-state index < -0.39 is 11.1 Å². The van der Waals surface area contributed by atoms with Gasteiger partial charge in [-0.3, -0.25) is 4.21 Å². The number of aryl methyl sites for hydroxylation is 1. The lowest BCUT2D eigenvalue weighted by Crippen LogP contribution is -1.92. The lowest BCUT2D eigenvalue weighted by Gasteiger charge is -2.04. The molecule has 0 radical (unpaired) electrons. The van der Waals surface area contributed by atoms with Crippen molar-refractivity contribution in [3.8, 4) is 11.4 Å². The molecule has 2 aromatic rings. The van der Waals surface area contributed by atoms with Crippen LogP contribution in [-0.4, -0.2) is 29.0 Å². The lowest BCUT2D eigenvalue weighted by atomic mass is 10.2. The maximum Gasteiger partial charge on any atom is 0.204 e. The minimum Gasteiger partial charge on any atom is -0.768 e. The van der Waals surface area contributed by atoms with Crippen LogP contribution in [0.3, 0.4) is 0 Å². The first-order valence-electron chi connectivity index (χ1n) is 4.10. The third-order valence-electron chi connectivity index (χ3n) is 1.81. The first-order chi connectivity index (χ1) is 7.16. The predicted molar refractivity (Wildman–Crippen MR) is 51.4 cm³/mol. The van der Waals surface area contributed by atoms with E-state index in [0.29, 0.717) is 5.82 Å². The number of nitrogens with zero attached hydrogens (tertiary/aromatic N) is 4. The monoisotopic (exact) mass is 223 g/mol. The predicted octanol–water partition coefficient (Wildman–Crippen LogP) is 0.115. The first kappa shape index (κ1) is 9.94. The van der Waals surface area contributed by atoms with Gasteiger partial charge in [0.1, 0.15) is 0 Å². The van der Waals surface area contributed by atoms with E-state index in [4.69, 9.17) is 0 Å². The zero-order chi connectivity index (χ0) is 10.8. The van der Waals surface area contributed by atoms with E-state index in [1.165, 1.54) is 16.9 Å². The minimum atomic E-state index is -2.20. The van der Waals surface area contributed by atoms with Crippen LogP contribution in [0.25, 0.3) is 11.4 Å². The molecule has 0 aliphatic rings. The molecule has 0 saturated carbocycles. The van der Waals surface area contributed by atoms with Crippen molar-refractivity contribution < 1.29 is 8.76 Å². The van der Waals surface area contributed by atoms with Gasteiger partial charge in [0.2, 0.25) is 5.82 Å². The Morgan fingerprint density at radius 2 is 2.00 bits per heavy atom. The molecule has 78 valence electrons. The zero-order valence-corrected chi connectivity index (χ0v) is 8.64. The smallest absolute Gasteiger partial charge is 0.204 e. The van der Waals surface area contributed by atoms with Crippen LogP contribution in [0.1, 0.15) is 0 Å². The molecule has 15 heavy (non-hydrogen) atoms. The summed E-state index contributed by atoms with van der Waals surface area (Å²) in [5, 5.41) is 11.5. The molecular weight excluding hydrogens is 216 g/mol. The van der Waals surface area contributed by atoms with Crippen LogP contribution in [0.15, 0.2) is 29.2 Å². The van der Waals surface area contributed by atoms with Crippen molar-refractivity contribution in [1.29, 1.82) is 0 Å². The molecule has 7 heteroatoms. The fourth-order valence-corrected chi connectivity index (χ4v) is 1.47. The van der Waals surface area contributed by atoms with E-state index in [0.717, 1.165) is 5.56 Å². The van der Waals surface area contributed by atoms with Gasteiger partial charge in [0.15, 0.2) is 0 Å². The van der Waals surface area contributed by atoms with Gasteiger partial charge in [-0.2, -0.15) is 4.80 Å². The molecule has 0 bridgehead atoms. The van der Waals surface area contributed by atoms with E-state index in [1.807, 2.05) is 0 Å². The molecule has 2 rings (SSSR count). The van der Waals surface area contributed by atoms with Crippen LogP contribution < -0.4 is 0 Å². The third kappa shape index (κ3) is 2.08. The molecule has 1 unspecified atom stereocenters. The Morgan fingerprint density at radius 1 is 1.33 bits per heavy atom. The van der Waals surface area contributed by atoms with Gasteiger partial charge in [0.05, 0.1) is 7.05 Å². The van der Waals surface area contributed by atoms with Crippen LogP contribution in [0, 0.1) is 0 Å². The normalized spacial score (nSPS) is 12.7. The van der Waals surface area contributed by atoms with Crippen LogP contribution in [0.2, 0.25) is 0 Å². The largest absolute Gasteiger partial charge is 0.768 e. The summed E-state index contributed by atoms with van der Waals surface area (Å²) in [6, 6.07) is 6.27. The van der Waals surface area contributed by atoms with E-state index in [9.17, 15) is 8.76 Å². The zero-order valence-electron chi connectivity index (χ0n) is 7.82. The molecule has 0 spiro atoms. The van der Waals surface area contributed by atoms with Gasteiger partial charge in [-0.05, 0) is 40.6 Å². The Kier molecular flexibility index (Phi) is 2.57. The van der Waals surface area contributed by atoms with Crippen molar-refractivity contribution in [2.24, 2.45) is 7.05 Å². The number of rotatable bonds is 2. The van der Waals surface area contributed by atoms with Gasteiger partial charge in [0, 0.05) is 10.5 Å². The standard InChI is InChI=1S/C8H8N4O2S/c1-12-10-8(9-11-12)6-2-4-7(5-3-6)15(13)14/h2-5H,1H3,(H,13,14)/p-1. The highest BCUT2D eigenvalue weighted by Crippen LogP contribution is 2.15. The molecule has 6 nitrogen and oxygen atoms in total. The number of benzene rings is 1. The molecule has 0 aliphatic carbocycles. The maximum absolute atomic E-state index is 10.6. The number of tetrazole rings is 1. The number of hydrogen-bond donors (Lipinski definition) is 0. The highest BCUT2D eigenvalue weighted by Gasteiger charge is 2.03. The summed E-state index contributed by atoms with van der Waals surface area (Å²) in [7, 11) is 1.66. The second kappa shape index (κ2) is 3.87. The molecule has 0 amide bonds. The van der Waals surface area contributed by atoms with Gasteiger partial charge in [-0.15, -0.1) is 10.2 Å². The molecule has 0 saturated heterocycles. The second-order valence-corrected chi connectivity index (χ2v) is 3.80. The molecule has 1 atom stereocenters. The molecule has 0 N–H and O–H groups in total. The molecule has 1 aromatic carbocycles. The minimum absolute atomic E-state index is 0.239. The van der Waals surface area contributed by atoms with E-state index in [2.05, 4.69) is 15.4 Å². The molecular formula is C8H7N4O2S-. The van der Waals surface area contributed by atoms with Gasteiger partial charge in [0.25, 0.3) is 0 Å². The third-order valence-corrected chi connectivity index (χ3v) is 2.47. The van der Waals surface area contributed by atoms with Crippen LogP contribution in [0.4, 0.5) is 0 Å². The van der Waals surface area contributed by atoms with Crippen LogP contribution in [-0.2, 0) is 18.1 Å². The number of hydrogen-bond acceptors (Lipinski definition) is 5. The highest BCUT2D eigenvalue weighted by atomic mass is 32.2. The molecule has 0 fully saturated rings. The van der Waals surface area contributed by atoms with E-state index in [1.54, 1.807) is 19.2 Å². The fraction of sp³-hybridized carbons (Fsp3) is 0.125. The van der Waals surface area contributed by atoms with E-state index in [-0.39, 0.29) is 4.90 Å². The topological polar surface area (TPSA) is 83.7 Å². The summed E-state index contributed by atoms with van der Waals surface area (Å²) >= 11 is -2.20. The van der Waals surface area contributed by atoms with Crippen molar-refractivity contribution in [2.75, 3.05) is 0 Å². The molecule has 1 aromatic heterocycles. The highest BCUT2D eigenvalue weighted by molar-refractivity contribution is 7.79. The average Bonchev–Trinajstić information content (AvgIpc) is 2.65. The Hall–Kier alpha value is -1.60. The molecule has 0 aliphatic heterocycles. The summed E-state index contributed by atoms with van der Waals surface area (Å²) in [5.74, 6) is 0.473. The first-order valence-corrected chi connectivity index (χ1v) is 5.18. The quantitative estimate of drug-likeness (QED) is 0.675. The van der Waals surface area contributed by atoms with Crippen molar-refractivity contribution >= 4 is 11.1 Å². The second-order valence-electron chi connectivity index (χ2n) is 2.86. The molecule has 1 heterocycles. The van der Waals surface area contributed by atoms with Gasteiger partial charge in [-0.25, -0.2) is 0 Å². The average molecular weight is 223 g/mol. The fourth-order valence-electron chi connectivity index (χ4n) is 1.11.